The number of rotatable bonds is 9. The van der Waals surface area contributed by atoms with Gasteiger partial charge in [0.25, 0.3) is 0 Å². The van der Waals surface area contributed by atoms with Crippen LogP contribution < -0.4 is 11.1 Å². The minimum Gasteiger partial charge on any atom is -0.353 e. The van der Waals surface area contributed by atoms with Crippen LogP contribution in [0.2, 0.25) is 0 Å². The van der Waals surface area contributed by atoms with Gasteiger partial charge in [-0.15, -0.1) is 0 Å². The maximum atomic E-state index is 12.0. The largest absolute Gasteiger partial charge is 0.353 e. The maximum Gasteiger partial charge on any atom is 0.234 e. The van der Waals surface area contributed by atoms with Crippen molar-refractivity contribution in [3.63, 3.8) is 0 Å². The number of hydrogen-bond acceptors (Lipinski definition) is 3. The SMILES string of the molecule is CCCCCC(C)NC(=O)CN1CCC(CCN)CC1. The summed E-state index contributed by atoms with van der Waals surface area (Å²) >= 11 is 0. The van der Waals surface area contributed by atoms with Gasteiger partial charge in [0, 0.05) is 6.04 Å². The molecule has 0 aromatic carbocycles. The second kappa shape index (κ2) is 10.2. The molecule has 0 bridgehead atoms. The number of carbonyl (C=O) groups excluding carboxylic acids is 1. The van der Waals surface area contributed by atoms with Crippen molar-refractivity contribution in [3.05, 3.63) is 0 Å². The summed E-state index contributed by atoms with van der Waals surface area (Å²) in [6, 6.07) is 0.309. The summed E-state index contributed by atoms with van der Waals surface area (Å²) in [5, 5.41) is 3.12. The van der Waals surface area contributed by atoms with E-state index >= 15 is 0 Å². The van der Waals surface area contributed by atoms with Crippen LogP contribution in [0.1, 0.15) is 58.8 Å². The average molecular weight is 283 g/mol. The molecule has 1 heterocycles. The Bertz CT molecular complexity index is 262. The van der Waals surface area contributed by atoms with E-state index < -0.39 is 0 Å². The molecule has 1 aliphatic heterocycles. The first-order chi connectivity index (χ1) is 9.65. The molecule has 1 fully saturated rings. The van der Waals surface area contributed by atoms with Crippen LogP contribution >= 0.6 is 0 Å². The van der Waals surface area contributed by atoms with E-state index in [1.54, 1.807) is 0 Å². The minimum absolute atomic E-state index is 0.186. The second-order valence-electron chi connectivity index (χ2n) is 6.26. The van der Waals surface area contributed by atoms with Crippen molar-refractivity contribution in [1.82, 2.24) is 10.2 Å². The highest BCUT2D eigenvalue weighted by atomic mass is 16.2. The molecule has 0 radical (unpaired) electrons. The number of amides is 1. The van der Waals surface area contributed by atoms with Gasteiger partial charge >= 0.3 is 0 Å². The van der Waals surface area contributed by atoms with E-state index in [2.05, 4.69) is 24.1 Å². The van der Waals surface area contributed by atoms with Crippen LogP contribution in [0.5, 0.6) is 0 Å². The molecule has 118 valence electrons. The molecule has 1 rings (SSSR count). The Labute approximate surface area is 124 Å². The molecule has 0 aromatic heterocycles. The Morgan fingerprint density at radius 3 is 2.65 bits per heavy atom. The van der Waals surface area contributed by atoms with Crippen molar-refractivity contribution in [2.45, 2.75) is 64.8 Å². The van der Waals surface area contributed by atoms with Crippen LogP contribution in [-0.4, -0.2) is 43.0 Å². The van der Waals surface area contributed by atoms with Gasteiger partial charge in [0.05, 0.1) is 6.54 Å². The summed E-state index contributed by atoms with van der Waals surface area (Å²) in [7, 11) is 0. The van der Waals surface area contributed by atoms with Crippen LogP contribution in [0.15, 0.2) is 0 Å². The number of nitrogens with two attached hydrogens (primary N) is 1. The minimum atomic E-state index is 0.186. The van der Waals surface area contributed by atoms with Crippen molar-refractivity contribution in [2.75, 3.05) is 26.2 Å². The summed E-state index contributed by atoms with van der Waals surface area (Å²) in [6.07, 6.45) is 8.31. The molecule has 3 N–H and O–H groups in total. The zero-order chi connectivity index (χ0) is 14.8. The molecule has 0 aliphatic carbocycles. The molecule has 0 spiro atoms. The van der Waals surface area contributed by atoms with E-state index in [0.29, 0.717) is 12.6 Å². The molecule has 1 unspecified atom stereocenters. The standard InChI is InChI=1S/C16H33N3O/c1-3-4-5-6-14(2)18-16(20)13-19-11-8-15(7-10-17)9-12-19/h14-15H,3-13,17H2,1-2H3,(H,18,20). The number of unbranched alkanes of at least 4 members (excludes halogenated alkanes) is 2. The molecular formula is C16H33N3O. The Balaban J connectivity index is 2.13. The van der Waals surface area contributed by atoms with Crippen molar-refractivity contribution in [1.29, 1.82) is 0 Å². The molecule has 1 saturated heterocycles. The lowest BCUT2D eigenvalue weighted by molar-refractivity contribution is -0.123. The van der Waals surface area contributed by atoms with Crippen LogP contribution in [0.25, 0.3) is 0 Å². The fourth-order valence-corrected chi connectivity index (χ4v) is 2.97. The molecule has 1 atom stereocenters. The first kappa shape index (κ1) is 17.4. The fraction of sp³-hybridized carbons (Fsp3) is 0.938. The average Bonchev–Trinajstić information content (AvgIpc) is 2.41. The molecule has 4 heteroatoms. The molecule has 4 nitrogen and oxygen atoms in total. The first-order valence-electron chi connectivity index (χ1n) is 8.37. The van der Waals surface area contributed by atoms with Crippen molar-refractivity contribution in [2.24, 2.45) is 11.7 Å². The van der Waals surface area contributed by atoms with E-state index in [1.165, 1.54) is 32.1 Å². The molecule has 0 saturated carbocycles. The van der Waals surface area contributed by atoms with Gasteiger partial charge in [0.2, 0.25) is 5.91 Å². The lowest BCUT2D eigenvalue weighted by atomic mass is 9.94. The first-order valence-corrected chi connectivity index (χ1v) is 8.37. The number of nitrogens with one attached hydrogen (secondary N) is 1. The number of carbonyl (C=O) groups is 1. The number of piperidine rings is 1. The van der Waals surface area contributed by atoms with E-state index in [9.17, 15) is 4.79 Å². The highest BCUT2D eigenvalue weighted by Gasteiger charge is 2.20. The summed E-state index contributed by atoms with van der Waals surface area (Å²) in [6.45, 7) is 7.76. The van der Waals surface area contributed by atoms with Gasteiger partial charge in [-0.1, -0.05) is 26.2 Å². The number of likely N-dealkylation sites (tertiary alicyclic amines) is 1. The van der Waals surface area contributed by atoms with Crippen molar-refractivity contribution >= 4 is 5.91 Å². The fourth-order valence-electron chi connectivity index (χ4n) is 2.97. The Hall–Kier alpha value is -0.610. The van der Waals surface area contributed by atoms with E-state index in [-0.39, 0.29) is 5.91 Å². The smallest absolute Gasteiger partial charge is 0.234 e. The van der Waals surface area contributed by atoms with Gasteiger partial charge < -0.3 is 11.1 Å². The van der Waals surface area contributed by atoms with E-state index in [0.717, 1.165) is 38.4 Å². The van der Waals surface area contributed by atoms with Gasteiger partial charge in [-0.05, 0) is 58.2 Å². The normalized spacial score (nSPS) is 18.9. The Morgan fingerprint density at radius 1 is 1.35 bits per heavy atom. The van der Waals surface area contributed by atoms with Gasteiger partial charge in [0.15, 0.2) is 0 Å². The highest BCUT2D eigenvalue weighted by molar-refractivity contribution is 5.78. The summed E-state index contributed by atoms with van der Waals surface area (Å²) < 4.78 is 0. The van der Waals surface area contributed by atoms with Gasteiger partial charge in [-0.2, -0.15) is 0 Å². The van der Waals surface area contributed by atoms with Crippen molar-refractivity contribution in [3.8, 4) is 0 Å². The summed E-state index contributed by atoms with van der Waals surface area (Å²) in [5.41, 5.74) is 5.60. The molecular weight excluding hydrogens is 250 g/mol. The third-order valence-electron chi connectivity index (χ3n) is 4.30. The van der Waals surface area contributed by atoms with Crippen LogP contribution in [0.3, 0.4) is 0 Å². The molecule has 1 aliphatic rings. The van der Waals surface area contributed by atoms with Crippen molar-refractivity contribution < 1.29 is 4.79 Å². The van der Waals surface area contributed by atoms with Gasteiger partial charge in [0.1, 0.15) is 0 Å². The summed E-state index contributed by atoms with van der Waals surface area (Å²) in [4.78, 5) is 14.3. The Morgan fingerprint density at radius 2 is 2.05 bits per heavy atom. The molecule has 20 heavy (non-hydrogen) atoms. The lowest BCUT2D eigenvalue weighted by Gasteiger charge is -2.31. The predicted octanol–water partition coefficient (Wildman–Crippen LogP) is 2.13. The van der Waals surface area contributed by atoms with Crippen LogP contribution in [0, 0.1) is 5.92 Å². The number of hydrogen-bond donors (Lipinski definition) is 2. The van der Waals surface area contributed by atoms with E-state index in [1.807, 2.05) is 0 Å². The second-order valence-corrected chi connectivity index (χ2v) is 6.26. The zero-order valence-corrected chi connectivity index (χ0v) is 13.4. The quantitative estimate of drug-likeness (QED) is 0.637. The monoisotopic (exact) mass is 283 g/mol. The third-order valence-corrected chi connectivity index (χ3v) is 4.30. The van der Waals surface area contributed by atoms with E-state index in [4.69, 9.17) is 5.73 Å². The lowest BCUT2D eigenvalue weighted by Crippen LogP contribution is -2.44. The van der Waals surface area contributed by atoms with Crippen LogP contribution in [-0.2, 0) is 4.79 Å². The van der Waals surface area contributed by atoms with Gasteiger partial charge in [-0.25, -0.2) is 0 Å². The topological polar surface area (TPSA) is 58.4 Å². The van der Waals surface area contributed by atoms with Gasteiger partial charge in [-0.3, -0.25) is 9.69 Å². The summed E-state index contributed by atoms with van der Waals surface area (Å²) in [5.74, 6) is 0.957. The third kappa shape index (κ3) is 7.25. The Kier molecular flexibility index (Phi) is 8.86. The molecule has 0 aromatic rings. The predicted molar refractivity (Wildman–Crippen MR) is 84.6 cm³/mol. The van der Waals surface area contributed by atoms with Crippen LogP contribution in [0.4, 0.5) is 0 Å². The number of nitrogens with zero attached hydrogens (tertiary/aromatic N) is 1. The molecule has 1 amide bonds. The zero-order valence-electron chi connectivity index (χ0n) is 13.4. The maximum absolute atomic E-state index is 12.0. The highest BCUT2D eigenvalue weighted by Crippen LogP contribution is 2.19.